The first kappa shape index (κ1) is 13.8. The minimum atomic E-state index is -4.40. The fraction of sp³-hybridized carbons (Fsp3) is 0.357. The van der Waals surface area contributed by atoms with Crippen LogP contribution in [0.5, 0.6) is 5.75 Å². The Morgan fingerprint density at radius 1 is 1.33 bits per heavy atom. The molecule has 21 heavy (non-hydrogen) atoms. The van der Waals surface area contributed by atoms with E-state index in [1.807, 2.05) is 18.2 Å². The minimum absolute atomic E-state index is 0.210. The third-order valence-electron chi connectivity index (χ3n) is 3.40. The standard InChI is InChI=1S/C14H14F3N3O/c1-20-12(14(15,16)17)7-13(19-20)18-8-9-2-3-11-10(6-9)4-5-21-11/h2-3,6-7H,4-5,8H2,1H3,(H,18,19). The molecule has 0 saturated heterocycles. The first-order valence-corrected chi connectivity index (χ1v) is 6.53. The predicted molar refractivity (Wildman–Crippen MR) is 71.2 cm³/mol. The van der Waals surface area contributed by atoms with Gasteiger partial charge in [-0.1, -0.05) is 12.1 Å². The van der Waals surface area contributed by atoms with Crippen LogP contribution in [0.15, 0.2) is 24.3 Å². The fourth-order valence-corrected chi connectivity index (χ4v) is 2.36. The van der Waals surface area contributed by atoms with E-state index in [1.54, 1.807) is 0 Å². The molecule has 2 heterocycles. The number of alkyl halides is 3. The Balaban J connectivity index is 1.71. The highest BCUT2D eigenvalue weighted by Gasteiger charge is 2.34. The molecule has 0 unspecified atom stereocenters. The van der Waals surface area contributed by atoms with Crippen LogP contribution in [0.25, 0.3) is 0 Å². The number of aryl methyl sites for hydroxylation is 1. The molecule has 3 rings (SSSR count). The van der Waals surface area contributed by atoms with E-state index in [0.717, 1.165) is 34.0 Å². The Morgan fingerprint density at radius 2 is 2.14 bits per heavy atom. The van der Waals surface area contributed by atoms with Gasteiger partial charge in [0, 0.05) is 26.1 Å². The van der Waals surface area contributed by atoms with Gasteiger partial charge < -0.3 is 10.1 Å². The van der Waals surface area contributed by atoms with Crippen LogP contribution >= 0.6 is 0 Å². The van der Waals surface area contributed by atoms with Crippen molar-refractivity contribution in [3.8, 4) is 5.75 Å². The van der Waals surface area contributed by atoms with Gasteiger partial charge in [-0.2, -0.15) is 18.3 Å². The van der Waals surface area contributed by atoms with Crippen molar-refractivity contribution in [1.29, 1.82) is 0 Å². The molecule has 1 aliphatic heterocycles. The van der Waals surface area contributed by atoms with Crippen molar-refractivity contribution in [3.05, 3.63) is 41.1 Å². The number of ether oxygens (including phenoxy) is 1. The Bertz CT molecular complexity index is 664. The van der Waals surface area contributed by atoms with Gasteiger partial charge in [0.25, 0.3) is 0 Å². The molecule has 1 aromatic heterocycles. The number of aromatic nitrogens is 2. The summed E-state index contributed by atoms with van der Waals surface area (Å²) < 4.78 is 44.3. The van der Waals surface area contributed by atoms with E-state index < -0.39 is 11.9 Å². The molecule has 1 aliphatic rings. The van der Waals surface area contributed by atoms with E-state index >= 15 is 0 Å². The largest absolute Gasteiger partial charge is 0.493 e. The molecule has 2 aromatic rings. The second-order valence-electron chi connectivity index (χ2n) is 4.93. The predicted octanol–water partition coefficient (Wildman–Crippen LogP) is 2.99. The lowest BCUT2D eigenvalue weighted by molar-refractivity contribution is -0.143. The summed E-state index contributed by atoms with van der Waals surface area (Å²) in [6, 6.07) is 6.79. The highest BCUT2D eigenvalue weighted by molar-refractivity contribution is 5.42. The fourth-order valence-electron chi connectivity index (χ4n) is 2.36. The maximum absolute atomic E-state index is 12.7. The molecule has 4 nitrogen and oxygen atoms in total. The van der Waals surface area contributed by atoms with Crippen molar-refractivity contribution in [2.75, 3.05) is 11.9 Å². The van der Waals surface area contributed by atoms with Gasteiger partial charge in [-0.15, -0.1) is 0 Å². The molecule has 0 fully saturated rings. The third kappa shape index (κ3) is 2.81. The molecule has 1 N–H and O–H groups in total. The topological polar surface area (TPSA) is 39.1 Å². The molecule has 112 valence electrons. The average Bonchev–Trinajstić information content (AvgIpc) is 3.01. The molecule has 0 spiro atoms. The molecule has 0 saturated carbocycles. The second-order valence-corrected chi connectivity index (χ2v) is 4.93. The molecule has 0 atom stereocenters. The van der Waals surface area contributed by atoms with Gasteiger partial charge in [-0.25, -0.2) is 0 Å². The summed E-state index contributed by atoms with van der Waals surface area (Å²) in [5.41, 5.74) is 1.34. The van der Waals surface area contributed by atoms with Crippen molar-refractivity contribution in [2.24, 2.45) is 7.05 Å². The first-order valence-electron chi connectivity index (χ1n) is 6.53. The van der Waals surface area contributed by atoms with Crippen molar-refractivity contribution in [3.63, 3.8) is 0 Å². The highest BCUT2D eigenvalue weighted by Crippen LogP contribution is 2.30. The Kier molecular flexibility index (Phi) is 3.27. The molecule has 1 aromatic carbocycles. The summed E-state index contributed by atoms with van der Waals surface area (Å²) in [5.74, 6) is 1.09. The van der Waals surface area contributed by atoms with Gasteiger partial charge in [0.1, 0.15) is 17.3 Å². The van der Waals surface area contributed by atoms with Gasteiger partial charge in [0.2, 0.25) is 0 Å². The van der Waals surface area contributed by atoms with Gasteiger partial charge in [0.05, 0.1) is 6.61 Å². The smallest absolute Gasteiger partial charge is 0.433 e. The van der Waals surface area contributed by atoms with Crippen LogP contribution in [0.4, 0.5) is 19.0 Å². The van der Waals surface area contributed by atoms with Crippen LogP contribution in [0.1, 0.15) is 16.8 Å². The number of hydrogen-bond acceptors (Lipinski definition) is 3. The van der Waals surface area contributed by atoms with E-state index in [2.05, 4.69) is 10.4 Å². The lowest BCUT2D eigenvalue weighted by Crippen LogP contribution is -2.11. The van der Waals surface area contributed by atoms with Gasteiger partial charge in [-0.05, 0) is 17.2 Å². The van der Waals surface area contributed by atoms with E-state index in [9.17, 15) is 13.2 Å². The zero-order valence-electron chi connectivity index (χ0n) is 11.4. The van der Waals surface area contributed by atoms with E-state index in [0.29, 0.717) is 13.2 Å². The number of nitrogens with one attached hydrogen (secondary N) is 1. The quantitative estimate of drug-likeness (QED) is 0.946. The molecular formula is C14H14F3N3O. The molecule has 0 amide bonds. The number of nitrogens with zero attached hydrogens (tertiary/aromatic N) is 2. The normalized spacial score (nSPS) is 13.9. The monoisotopic (exact) mass is 297 g/mol. The lowest BCUT2D eigenvalue weighted by Gasteiger charge is -2.05. The summed E-state index contributed by atoms with van der Waals surface area (Å²) in [5, 5.41) is 6.74. The van der Waals surface area contributed by atoms with E-state index in [-0.39, 0.29) is 5.82 Å². The maximum atomic E-state index is 12.7. The van der Waals surface area contributed by atoms with Gasteiger partial charge in [-0.3, -0.25) is 4.68 Å². The number of halogens is 3. The summed E-state index contributed by atoms with van der Waals surface area (Å²) in [6.45, 7) is 1.10. The number of fused-ring (bicyclic) bond motifs is 1. The van der Waals surface area contributed by atoms with Crippen LogP contribution in [0, 0.1) is 0 Å². The van der Waals surface area contributed by atoms with Crippen LogP contribution < -0.4 is 10.1 Å². The molecule has 0 radical (unpaired) electrons. The van der Waals surface area contributed by atoms with Gasteiger partial charge >= 0.3 is 6.18 Å². The van der Waals surface area contributed by atoms with Crippen molar-refractivity contribution < 1.29 is 17.9 Å². The SMILES string of the molecule is Cn1nc(NCc2ccc3c(c2)CCO3)cc1C(F)(F)F. The van der Waals surface area contributed by atoms with Crippen molar-refractivity contribution >= 4 is 5.82 Å². The summed E-state index contributed by atoms with van der Waals surface area (Å²) in [4.78, 5) is 0. The highest BCUT2D eigenvalue weighted by atomic mass is 19.4. The Morgan fingerprint density at radius 3 is 2.86 bits per heavy atom. The van der Waals surface area contributed by atoms with Crippen molar-refractivity contribution in [2.45, 2.75) is 19.1 Å². The van der Waals surface area contributed by atoms with Gasteiger partial charge in [0.15, 0.2) is 0 Å². The Labute approximate surface area is 119 Å². The third-order valence-corrected chi connectivity index (χ3v) is 3.40. The lowest BCUT2D eigenvalue weighted by atomic mass is 10.1. The first-order chi connectivity index (χ1) is 9.93. The number of anilines is 1. The van der Waals surface area contributed by atoms with Crippen LogP contribution in [0.3, 0.4) is 0 Å². The summed E-state index contributed by atoms with van der Waals surface area (Å²) in [6.07, 6.45) is -3.53. The van der Waals surface area contributed by atoms with Crippen LogP contribution in [-0.4, -0.2) is 16.4 Å². The van der Waals surface area contributed by atoms with Crippen LogP contribution in [-0.2, 0) is 26.2 Å². The number of hydrogen-bond donors (Lipinski definition) is 1. The number of benzene rings is 1. The average molecular weight is 297 g/mol. The Hall–Kier alpha value is -2.18. The molecular weight excluding hydrogens is 283 g/mol. The molecule has 7 heteroatoms. The van der Waals surface area contributed by atoms with E-state index in [4.69, 9.17) is 4.74 Å². The number of rotatable bonds is 3. The minimum Gasteiger partial charge on any atom is -0.493 e. The van der Waals surface area contributed by atoms with Crippen LogP contribution in [0.2, 0.25) is 0 Å². The molecule has 0 aliphatic carbocycles. The maximum Gasteiger partial charge on any atom is 0.433 e. The van der Waals surface area contributed by atoms with Crippen molar-refractivity contribution in [1.82, 2.24) is 9.78 Å². The summed E-state index contributed by atoms with van der Waals surface area (Å²) in [7, 11) is 1.28. The zero-order valence-corrected chi connectivity index (χ0v) is 11.4. The van der Waals surface area contributed by atoms with E-state index in [1.165, 1.54) is 7.05 Å². The molecule has 0 bridgehead atoms. The second kappa shape index (κ2) is 4.98. The zero-order chi connectivity index (χ0) is 15.0. The summed E-state index contributed by atoms with van der Waals surface area (Å²) >= 11 is 0.